The summed E-state index contributed by atoms with van der Waals surface area (Å²) in [5, 5.41) is 2.15. The van der Waals surface area contributed by atoms with Gasteiger partial charge in [0.05, 0.1) is 5.69 Å². The number of anilines is 2. The van der Waals surface area contributed by atoms with Gasteiger partial charge in [0.25, 0.3) is 0 Å². The Morgan fingerprint density at radius 2 is 1.62 bits per heavy atom. The molecule has 26 heavy (non-hydrogen) atoms. The lowest BCUT2D eigenvalue weighted by atomic mass is 10.0. The molecule has 0 unspecified atom stereocenters. The van der Waals surface area contributed by atoms with E-state index in [1.807, 2.05) is 26.0 Å². The predicted octanol–water partition coefficient (Wildman–Crippen LogP) is 4.22. The lowest BCUT2D eigenvalue weighted by molar-refractivity contribution is -0.120. The van der Waals surface area contributed by atoms with Crippen molar-refractivity contribution in [3.8, 4) is 0 Å². The van der Waals surface area contributed by atoms with Crippen molar-refractivity contribution in [1.82, 2.24) is 0 Å². The van der Waals surface area contributed by atoms with Gasteiger partial charge in [0, 0.05) is 12.6 Å². The zero-order valence-electron chi connectivity index (χ0n) is 14.6. The molecule has 138 valence electrons. The molecule has 2 aromatic carbocycles. The van der Waals surface area contributed by atoms with Crippen LogP contribution >= 0.6 is 0 Å². The highest BCUT2D eigenvalue weighted by atomic mass is 19.2. The average molecular weight is 364 g/mol. The molecule has 0 saturated carbocycles. The molecule has 2 rings (SSSR count). The highest BCUT2D eigenvalue weighted by molar-refractivity contribution is 6.01. The van der Waals surface area contributed by atoms with Crippen LogP contribution in [0.15, 0.2) is 36.4 Å². The first-order valence-corrected chi connectivity index (χ1v) is 8.02. The Balaban J connectivity index is 2.16. The van der Waals surface area contributed by atoms with E-state index in [1.165, 1.54) is 11.8 Å². The third-order valence-corrected chi connectivity index (χ3v) is 3.86. The number of halogens is 3. The van der Waals surface area contributed by atoms with Crippen molar-refractivity contribution in [2.24, 2.45) is 0 Å². The predicted molar refractivity (Wildman–Crippen MR) is 93.5 cm³/mol. The fourth-order valence-electron chi connectivity index (χ4n) is 2.38. The van der Waals surface area contributed by atoms with Crippen molar-refractivity contribution < 1.29 is 22.8 Å². The van der Waals surface area contributed by atoms with Gasteiger partial charge >= 0.3 is 0 Å². The monoisotopic (exact) mass is 364 g/mol. The van der Waals surface area contributed by atoms with Crippen molar-refractivity contribution in [2.75, 3.05) is 16.8 Å². The van der Waals surface area contributed by atoms with Gasteiger partial charge in [0.15, 0.2) is 17.5 Å². The fraction of sp³-hybridized carbons (Fsp3) is 0.263. The van der Waals surface area contributed by atoms with Gasteiger partial charge in [-0.1, -0.05) is 26.0 Å². The fourth-order valence-corrected chi connectivity index (χ4v) is 2.38. The summed E-state index contributed by atoms with van der Waals surface area (Å²) in [4.78, 5) is 25.2. The number of benzene rings is 2. The average Bonchev–Trinajstić information content (AvgIpc) is 2.60. The minimum absolute atomic E-state index is 0.314. The van der Waals surface area contributed by atoms with Crippen LogP contribution in [0.25, 0.3) is 0 Å². The highest BCUT2D eigenvalue weighted by Gasteiger charge is 2.19. The van der Waals surface area contributed by atoms with E-state index in [0.717, 1.165) is 11.6 Å². The van der Waals surface area contributed by atoms with Crippen molar-refractivity contribution in [2.45, 2.75) is 26.7 Å². The van der Waals surface area contributed by atoms with Crippen LogP contribution in [0.1, 0.15) is 32.3 Å². The van der Waals surface area contributed by atoms with Crippen LogP contribution in [0.5, 0.6) is 0 Å². The van der Waals surface area contributed by atoms with E-state index in [-0.39, 0.29) is 5.91 Å². The molecule has 0 spiro atoms. The van der Waals surface area contributed by atoms with E-state index in [2.05, 4.69) is 5.32 Å². The number of nitrogens with one attached hydrogen (secondary N) is 1. The van der Waals surface area contributed by atoms with Crippen LogP contribution < -0.4 is 10.2 Å². The summed E-state index contributed by atoms with van der Waals surface area (Å²) >= 11 is 0. The van der Waals surface area contributed by atoms with Crippen molar-refractivity contribution in [3.05, 3.63) is 59.4 Å². The van der Waals surface area contributed by atoms with Crippen LogP contribution in [-0.4, -0.2) is 18.4 Å². The number of carbonyl (C=O) groups is 2. The number of nitrogens with zero attached hydrogens (tertiary/aromatic N) is 1. The summed E-state index contributed by atoms with van der Waals surface area (Å²) < 4.78 is 39.8. The van der Waals surface area contributed by atoms with Crippen molar-refractivity contribution >= 4 is 23.2 Å². The zero-order valence-corrected chi connectivity index (χ0v) is 14.6. The van der Waals surface area contributed by atoms with E-state index in [0.29, 0.717) is 17.7 Å². The molecular weight excluding hydrogens is 345 g/mol. The van der Waals surface area contributed by atoms with Crippen LogP contribution in [0.2, 0.25) is 0 Å². The molecule has 0 aliphatic carbocycles. The second-order valence-electron chi connectivity index (χ2n) is 6.12. The Morgan fingerprint density at radius 1 is 1.00 bits per heavy atom. The molecule has 0 aromatic heterocycles. The summed E-state index contributed by atoms with van der Waals surface area (Å²) in [6, 6.07) is 8.75. The standard InChI is InChI=1S/C19H19F3N2O2/c1-11(2)13-4-6-14(7-5-13)24(12(3)25)10-17(26)23-16-9-8-15(20)18(21)19(16)22/h4-9,11H,10H2,1-3H3,(H,23,26). The smallest absolute Gasteiger partial charge is 0.244 e. The Labute approximate surface area is 149 Å². The first kappa shape index (κ1) is 19.5. The Hall–Kier alpha value is -2.83. The number of hydrogen-bond acceptors (Lipinski definition) is 2. The van der Waals surface area contributed by atoms with Crippen LogP contribution in [0, 0.1) is 17.5 Å². The maximum Gasteiger partial charge on any atom is 0.244 e. The third-order valence-electron chi connectivity index (χ3n) is 3.86. The molecule has 2 aromatic rings. The van der Waals surface area contributed by atoms with Crippen molar-refractivity contribution in [1.29, 1.82) is 0 Å². The maximum absolute atomic E-state index is 13.7. The lowest BCUT2D eigenvalue weighted by Gasteiger charge is -2.21. The molecule has 7 heteroatoms. The van der Waals surface area contributed by atoms with Crippen molar-refractivity contribution in [3.63, 3.8) is 0 Å². The molecule has 0 atom stereocenters. The summed E-state index contributed by atoms with van der Waals surface area (Å²) in [5.74, 6) is -5.32. The largest absolute Gasteiger partial charge is 0.322 e. The minimum Gasteiger partial charge on any atom is -0.322 e. The van der Waals surface area contributed by atoms with Gasteiger partial charge in [0.1, 0.15) is 6.54 Å². The molecular formula is C19H19F3N2O2. The maximum atomic E-state index is 13.7. The second-order valence-corrected chi connectivity index (χ2v) is 6.12. The van der Waals surface area contributed by atoms with Gasteiger partial charge in [0.2, 0.25) is 11.8 Å². The Morgan fingerprint density at radius 3 is 2.15 bits per heavy atom. The van der Waals surface area contributed by atoms with Gasteiger partial charge in [-0.3, -0.25) is 9.59 Å². The first-order valence-electron chi connectivity index (χ1n) is 8.02. The molecule has 0 fully saturated rings. The molecule has 0 saturated heterocycles. The minimum atomic E-state index is -1.67. The topological polar surface area (TPSA) is 49.4 Å². The summed E-state index contributed by atoms with van der Waals surface area (Å²) in [6.45, 7) is 4.96. The second kappa shape index (κ2) is 8.03. The van der Waals surface area contributed by atoms with Crippen LogP contribution in [0.3, 0.4) is 0 Å². The van der Waals surface area contributed by atoms with Crippen LogP contribution in [-0.2, 0) is 9.59 Å². The molecule has 2 amide bonds. The van der Waals surface area contributed by atoms with E-state index < -0.39 is 35.6 Å². The molecule has 0 heterocycles. The molecule has 0 aliphatic rings. The van der Waals surface area contributed by atoms with Gasteiger partial charge in [-0.15, -0.1) is 0 Å². The quantitative estimate of drug-likeness (QED) is 0.808. The van der Waals surface area contributed by atoms with E-state index in [9.17, 15) is 22.8 Å². The lowest BCUT2D eigenvalue weighted by Crippen LogP contribution is -2.36. The molecule has 1 N–H and O–H groups in total. The van der Waals surface area contributed by atoms with Gasteiger partial charge in [-0.05, 0) is 35.7 Å². The van der Waals surface area contributed by atoms with E-state index in [4.69, 9.17) is 0 Å². The first-order chi connectivity index (χ1) is 12.2. The summed E-state index contributed by atoms with van der Waals surface area (Å²) in [5.41, 5.74) is 1.08. The van der Waals surface area contributed by atoms with Gasteiger partial charge in [-0.25, -0.2) is 13.2 Å². The number of amides is 2. The number of hydrogen-bond donors (Lipinski definition) is 1. The van der Waals surface area contributed by atoms with Crippen LogP contribution in [0.4, 0.5) is 24.5 Å². The van der Waals surface area contributed by atoms with E-state index in [1.54, 1.807) is 12.1 Å². The number of rotatable bonds is 5. The third kappa shape index (κ3) is 4.41. The zero-order chi connectivity index (χ0) is 19.4. The highest BCUT2D eigenvalue weighted by Crippen LogP contribution is 2.22. The molecule has 4 nitrogen and oxygen atoms in total. The Bertz CT molecular complexity index is 820. The normalized spacial score (nSPS) is 10.7. The number of carbonyl (C=O) groups excluding carboxylic acids is 2. The SMILES string of the molecule is CC(=O)N(CC(=O)Nc1ccc(F)c(F)c1F)c1ccc(C(C)C)cc1. The molecule has 0 bridgehead atoms. The molecule has 0 radical (unpaired) electrons. The Kier molecular flexibility index (Phi) is 6.02. The van der Waals surface area contributed by atoms with Gasteiger partial charge in [-0.2, -0.15) is 0 Å². The van der Waals surface area contributed by atoms with Gasteiger partial charge < -0.3 is 10.2 Å². The summed E-state index contributed by atoms with van der Waals surface area (Å²) in [6.07, 6.45) is 0. The van der Waals surface area contributed by atoms with E-state index >= 15 is 0 Å². The molecule has 0 aliphatic heterocycles. The summed E-state index contributed by atoms with van der Waals surface area (Å²) in [7, 11) is 0.